The molecule has 2 amide bonds. The van der Waals surface area contributed by atoms with E-state index >= 15 is 0 Å². The maximum Gasteiger partial charge on any atom is 0.256 e. The van der Waals surface area contributed by atoms with Gasteiger partial charge in [-0.3, -0.25) is 9.59 Å². The van der Waals surface area contributed by atoms with Gasteiger partial charge in [0.1, 0.15) is 0 Å². The van der Waals surface area contributed by atoms with Gasteiger partial charge in [0.05, 0.1) is 5.56 Å². The van der Waals surface area contributed by atoms with Crippen LogP contribution in [0.25, 0.3) is 0 Å². The number of piperidine rings is 1. The van der Waals surface area contributed by atoms with Gasteiger partial charge in [-0.1, -0.05) is 22.0 Å². The first-order valence-electron chi connectivity index (χ1n) is 10.3. The highest BCUT2D eigenvalue weighted by atomic mass is 79.9. The second-order valence-corrected chi connectivity index (χ2v) is 8.14. The van der Waals surface area contributed by atoms with Crippen molar-refractivity contribution < 1.29 is 9.59 Å². The number of nitrogens with zero attached hydrogens (tertiary/aromatic N) is 2. The zero-order valence-corrected chi connectivity index (χ0v) is 18.7. The van der Waals surface area contributed by atoms with E-state index < -0.39 is 0 Å². The molecule has 0 aromatic heterocycles. The van der Waals surface area contributed by atoms with E-state index in [2.05, 4.69) is 26.1 Å². The molecule has 3 rings (SSSR count). The molecule has 1 saturated heterocycles. The van der Waals surface area contributed by atoms with Gasteiger partial charge in [0.25, 0.3) is 11.8 Å². The molecule has 0 unspecified atom stereocenters. The molecule has 1 N–H and O–H groups in total. The molecule has 29 heavy (non-hydrogen) atoms. The Bertz CT molecular complexity index is 874. The van der Waals surface area contributed by atoms with Gasteiger partial charge in [-0.15, -0.1) is 0 Å². The molecule has 0 bridgehead atoms. The molecule has 2 aromatic carbocycles. The van der Waals surface area contributed by atoms with Gasteiger partial charge >= 0.3 is 0 Å². The van der Waals surface area contributed by atoms with Gasteiger partial charge in [-0.25, -0.2) is 0 Å². The summed E-state index contributed by atoms with van der Waals surface area (Å²) in [7, 11) is 0. The van der Waals surface area contributed by atoms with Crippen LogP contribution in [0.5, 0.6) is 0 Å². The summed E-state index contributed by atoms with van der Waals surface area (Å²) in [5, 5.41) is 2.94. The van der Waals surface area contributed by atoms with E-state index in [4.69, 9.17) is 0 Å². The molecule has 5 nitrogen and oxygen atoms in total. The van der Waals surface area contributed by atoms with Crippen molar-refractivity contribution >= 4 is 39.1 Å². The molecule has 154 valence electrons. The topological polar surface area (TPSA) is 52.7 Å². The summed E-state index contributed by atoms with van der Waals surface area (Å²) in [6, 6.07) is 12.9. The highest BCUT2D eigenvalue weighted by Crippen LogP contribution is 2.28. The number of rotatable bonds is 6. The summed E-state index contributed by atoms with van der Waals surface area (Å²) in [5.74, 6) is -0.188. The van der Waals surface area contributed by atoms with Crippen LogP contribution in [0.15, 0.2) is 46.9 Å². The monoisotopic (exact) mass is 457 g/mol. The number of hydrogen-bond acceptors (Lipinski definition) is 3. The maximum absolute atomic E-state index is 13.2. The summed E-state index contributed by atoms with van der Waals surface area (Å²) in [4.78, 5) is 30.0. The lowest BCUT2D eigenvalue weighted by Crippen LogP contribution is -2.35. The second-order valence-electron chi connectivity index (χ2n) is 7.22. The third-order valence-corrected chi connectivity index (χ3v) is 5.81. The Morgan fingerprint density at radius 1 is 1.03 bits per heavy atom. The van der Waals surface area contributed by atoms with Crippen molar-refractivity contribution in [2.75, 3.05) is 36.4 Å². The first-order chi connectivity index (χ1) is 14.0. The molecule has 1 aliphatic rings. The molecule has 6 heteroatoms. The SMILES string of the molecule is CCN(CC)C(=O)c1cc(NC(=O)c2cccc(Br)c2)ccc1N1CCCCC1. The summed E-state index contributed by atoms with van der Waals surface area (Å²) in [6.45, 7) is 7.21. The summed E-state index contributed by atoms with van der Waals surface area (Å²) in [5.41, 5.74) is 2.81. The minimum absolute atomic E-state index is 0.00845. The molecular weight excluding hydrogens is 430 g/mol. The Hall–Kier alpha value is -2.34. The maximum atomic E-state index is 13.2. The fourth-order valence-electron chi connectivity index (χ4n) is 3.71. The largest absolute Gasteiger partial charge is 0.371 e. The molecule has 0 saturated carbocycles. The van der Waals surface area contributed by atoms with Crippen molar-refractivity contribution in [2.45, 2.75) is 33.1 Å². The summed E-state index contributed by atoms with van der Waals surface area (Å²) < 4.78 is 0.850. The molecule has 0 radical (unpaired) electrons. The molecule has 0 aliphatic carbocycles. The van der Waals surface area contributed by atoms with Crippen LogP contribution < -0.4 is 10.2 Å². The zero-order chi connectivity index (χ0) is 20.8. The fraction of sp³-hybridized carbons (Fsp3) is 0.391. The first-order valence-corrected chi connectivity index (χ1v) is 11.1. The number of halogens is 1. The van der Waals surface area contributed by atoms with Gasteiger partial charge in [0.2, 0.25) is 0 Å². The molecule has 0 spiro atoms. The second kappa shape index (κ2) is 9.92. The van der Waals surface area contributed by atoms with Crippen LogP contribution in [0.4, 0.5) is 11.4 Å². The highest BCUT2D eigenvalue weighted by molar-refractivity contribution is 9.10. The molecule has 0 atom stereocenters. The van der Waals surface area contributed by atoms with Crippen LogP contribution in [0.1, 0.15) is 53.8 Å². The van der Waals surface area contributed by atoms with Crippen LogP contribution in [-0.2, 0) is 0 Å². The third kappa shape index (κ3) is 5.18. The van der Waals surface area contributed by atoms with Crippen molar-refractivity contribution in [1.29, 1.82) is 0 Å². The third-order valence-electron chi connectivity index (χ3n) is 5.32. The predicted octanol–water partition coefficient (Wildman–Crippen LogP) is 5.17. The van der Waals surface area contributed by atoms with E-state index in [0.29, 0.717) is 29.9 Å². The molecule has 1 aliphatic heterocycles. The predicted molar refractivity (Wildman–Crippen MR) is 122 cm³/mol. The van der Waals surface area contributed by atoms with E-state index in [1.54, 1.807) is 12.1 Å². The van der Waals surface area contributed by atoms with Crippen molar-refractivity contribution in [1.82, 2.24) is 4.90 Å². The van der Waals surface area contributed by atoms with Gasteiger partial charge in [-0.05, 0) is 69.5 Å². The Balaban J connectivity index is 1.91. The zero-order valence-electron chi connectivity index (χ0n) is 17.1. The van der Waals surface area contributed by atoms with Crippen LogP contribution in [-0.4, -0.2) is 42.9 Å². The fourth-order valence-corrected chi connectivity index (χ4v) is 4.11. The number of benzene rings is 2. The highest BCUT2D eigenvalue weighted by Gasteiger charge is 2.22. The average Bonchev–Trinajstić information content (AvgIpc) is 2.75. The quantitative estimate of drug-likeness (QED) is 0.650. The van der Waals surface area contributed by atoms with E-state index in [1.165, 1.54) is 6.42 Å². The number of carbonyl (C=O) groups excluding carboxylic acids is 2. The van der Waals surface area contributed by atoms with Gasteiger partial charge in [0, 0.05) is 47.6 Å². The number of amides is 2. The number of hydrogen-bond donors (Lipinski definition) is 1. The van der Waals surface area contributed by atoms with Crippen LogP contribution in [0.2, 0.25) is 0 Å². The van der Waals surface area contributed by atoms with Crippen LogP contribution in [0, 0.1) is 0 Å². The molecule has 2 aromatic rings. The number of nitrogens with one attached hydrogen (secondary N) is 1. The van der Waals surface area contributed by atoms with E-state index in [9.17, 15) is 9.59 Å². The lowest BCUT2D eigenvalue weighted by molar-refractivity contribution is 0.0773. The van der Waals surface area contributed by atoms with Crippen molar-refractivity contribution in [3.05, 3.63) is 58.1 Å². The lowest BCUT2D eigenvalue weighted by Gasteiger charge is -2.31. The Morgan fingerprint density at radius 3 is 2.41 bits per heavy atom. The lowest BCUT2D eigenvalue weighted by atomic mass is 10.0. The van der Waals surface area contributed by atoms with Crippen molar-refractivity contribution in [3.63, 3.8) is 0 Å². The normalized spacial score (nSPS) is 13.8. The smallest absolute Gasteiger partial charge is 0.256 e. The Labute approximate surface area is 181 Å². The molecule has 1 heterocycles. The van der Waals surface area contributed by atoms with Crippen molar-refractivity contribution in [3.8, 4) is 0 Å². The van der Waals surface area contributed by atoms with Crippen LogP contribution in [0.3, 0.4) is 0 Å². The van der Waals surface area contributed by atoms with Crippen LogP contribution >= 0.6 is 15.9 Å². The number of carbonyl (C=O) groups is 2. The minimum atomic E-state index is -0.196. The Morgan fingerprint density at radius 2 is 1.76 bits per heavy atom. The summed E-state index contributed by atoms with van der Waals surface area (Å²) >= 11 is 3.40. The number of anilines is 2. The first kappa shape index (κ1) is 21.4. The van der Waals surface area contributed by atoms with E-state index in [-0.39, 0.29) is 11.8 Å². The average molecular weight is 458 g/mol. The van der Waals surface area contributed by atoms with E-state index in [1.807, 2.05) is 49.1 Å². The van der Waals surface area contributed by atoms with Gasteiger partial charge in [-0.2, -0.15) is 0 Å². The minimum Gasteiger partial charge on any atom is -0.371 e. The van der Waals surface area contributed by atoms with Crippen molar-refractivity contribution in [2.24, 2.45) is 0 Å². The molecule has 1 fully saturated rings. The summed E-state index contributed by atoms with van der Waals surface area (Å²) in [6.07, 6.45) is 3.51. The standard InChI is InChI=1S/C23H28BrN3O2/c1-3-26(4-2)23(29)20-16-19(11-12-21(20)27-13-6-5-7-14-27)25-22(28)17-9-8-10-18(24)15-17/h8-12,15-16H,3-7,13-14H2,1-2H3,(H,25,28). The van der Waals surface area contributed by atoms with E-state index in [0.717, 1.165) is 36.1 Å². The molecular formula is C23H28BrN3O2. The van der Waals surface area contributed by atoms with Gasteiger partial charge in [0.15, 0.2) is 0 Å². The Kier molecular flexibility index (Phi) is 7.31. The van der Waals surface area contributed by atoms with Gasteiger partial charge < -0.3 is 15.1 Å².